The van der Waals surface area contributed by atoms with Gasteiger partial charge in [-0.15, -0.1) is 0 Å². The number of pyridine rings is 1. The normalized spacial score (nSPS) is 12.2. The highest BCUT2D eigenvalue weighted by molar-refractivity contribution is 9.10. The van der Waals surface area contributed by atoms with E-state index in [-0.39, 0.29) is 17.4 Å². The minimum Gasteiger partial charge on any atom is -0.299 e. The van der Waals surface area contributed by atoms with Gasteiger partial charge in [-0.1, -0.05) is 6.92 Å². The van der Waals surface area contributed by atoms with E-state index < -0.39 is 4.92 Å². The van der Waals surface area contributed by atoms with Crippen molar-refractivity contribution in [3.63, 3.8) is 0 Å². The smallest absolute Gasteiger partial charge is 0.288 e. The Kier molecular flexibility index (Phi) is 4.12. The van der Waals surface area contributed by atoms with Gasteiger partial charge in [0.1, 0.15) is 12.0 Å². The average molecular weight is 287 g/mol. The van der Waals surface area contributed by atoms with Gasteiger partial charge >= 0.3 is 0 Å². The van der Waals surface area contributed by atoms with Crippen LogP contribution < -0.4 is 0 Å². The quantitative estimate of drug-likeness (QED) is 0.630. The van der Waals surface area contributed by atoms with Crippen LogP contribution in [-0.4, -0.2) is 15.7 Å². The van der Waals surface area contributed by atoms with Crippen LogP contribution in [0.1, 0.15) is 31.9 Å². The number of nitrogens with zero attached hydrogens (tertiary/aromatic N) is 2. The summed E-state index contributed by atoms with van der Waals surface area (Å²) in [5, 5.41) is 10.5. The molecule has 86 valence electrons. The zero-order chi connectivity index (χ0) is 12.3. The van der Waals surface area contributed by atoms with Gasteiger partial charge < -0.3 is 0 Å². The van der Waals surface area contributed by atoms with Crippen molar-refractivity contribution < 1.29 is 9.72 Å². The van der Waals surface area contributed by atoms with Crippen LogP contribution in [0.2, 0.25) is 0 Å². The number of halogens is 1. The van der Waals surface area contributed by atoms with Gasteiger partial charge in [0, 0.05) is 10.5 Å². The minimum atomic E-state index is -0.518. The summed E-state index contributed by atoms with van der Waals surface area (Å²) in [6.45, 7) is 3.37. The number of hydrogen-bond acceptors (Lipinski definition) is 4. The molecule has 0 saturated carbocycles. The van der Waals surface area contributed by atoms with Crippen LogP contribution in [0.5, 0.6) is 0 Å². The van der Waals surface area contributed by atoms with Crippen LogP contribution in [0, 0.1) is 10.1 Å². The van der Waals surface area contributed by atoms with E-state index >= 15 is 0 Å². The maximum atomic E-state index is 11.4. The lowest BCUT2D eigenvalue weighted by molar-refractivity contribution is -0.385. The predicted octanol–water partition coefficient (Wildman–Crippen LogP) is 2.83. The Bertz CT molecular complexity index is 434. The summed E-state index contributed by atoms with van der Waals surface area (Å²) in [7, 11) is 0. The SMILES string of the molecule is CCC(C(C)=O)c1ncc([N+](=O)[O-])cc1Br. The van der Waals surface area contributed by atoms with Crippen molar-refractivity contribution in [2.75, 3.05) is 0 Å². The van der Waals surface area contributed by atoms with Crippen LogP contribution in [0.15, 0.2) is 16.7 Å². The largest absolute Gasteiger partial charge is 0.299 e. The second-order valence-corrected chi connectivity index (χ2v) is 4.24. The molecule has 1 aromatic rings. The van der Waals surface area contributed by atoms with Gasteiger partial charge in [0.15, 0.2) is 0 Å². The van der Waals surface area contributed by atoms with Crippen LogP contribution in [0.25, 0.3) is 0 Å². The number of carbonyl (C=O) groups is 1. The van der Waals surface area contributed by atoms with Crippen LogP contribution in [0.4, 0.5) is 5.69 Å². The summed E-state index contributed by atoms with van der Waals surface area (Å²) in [4.78, 5) is 25.3. The summed E-state index contributed by atoms with van der Waals surface area (Å²) in [6.07, 6.45) is 1.80. The number of hydrogen-bond donors (Lipinski definition) is 0. The molecule has 0 N–H and O–H groups in total. The summed E-state index contributed by atoms with van der Waals surface area (Å²) in [5.74, 6) is -0.306. The number of rotatable bonds is 4. The highest BCUT2D eigenvalue weighted by Crippen LogP contribution is 2.28. The van der Waals surface area contributed by atoms with E-state index in [4.69, 9.17) is 0 Å². The first kappa shape index (κ1) is 12.8. The Morgan fingerprint density at radius 2 is 2.31 bits per heavy atom. The lowest BCUT2D eigenvalue weighted by atomic mass is 9.97. The fraction of sp³-hybridized carbons (Fsp3) is 0.400. The van der Waals surface area contributed by atoms with Crippen molar-refractivity contribution in [1.29, 1.82) is 0 Å². The molecule has 1 aromatic heterocycles. The third-order valence-electron chi connectivity index (χ3n) is 2.30. The third-order valence-corrected chi connectivity index (χ3v) is 2.93. The Labute approximate surface area is 101 Å². The molecule has 0 aliphatic heterocycles. The van der Waals surface area contributed by atoms with Gasteiger partial charge in [-0.05, 0) is 29.3 Å². The molecule has 1 rings (SSSR count). The van der Waals surface area contributed by atoms with E-state index in [1.807, 2.05) is 6.92 Å². The number of ketones is 1. The molecule has 0 bridgehead atoms. The van der Waals surface area contributed by atoms with Crippen molar-refractivity contribution in [3.8, 4) is 0 Å². The molecule has 0 spiro atoms. The second-order valence-electron chi connectivity index (χ2n) is 3.39. The molecule has 0 radical (unpaired) electrons. The molecule has 0 aliphatic rings. The Balaban J connectivity index is 3.16. The van der Waals surface area contributed by atoms with Crippen molar-refractivity contribution in [3.05, 3.63) is 32.5 Å². The first-order valence-corrected chi connectivity index (χ1v) is 5.57. The molecule has 0 aliphatic carbocycles. The molecule has 6 heteroatoms. The standard InChI is InChI=1S/C10H11BrN2O3/c1-3-8(6(2)14)10-9(11)4-7(5-12-10)13(15)16/h4-5,8H,3H2,1-2H3. The van der Waals surface area contributed by atoms with E-state index in [2.05, 4.69) is 20.9 Å². The molecule has 5 nitrogen and oxygen atoms in total. The van der Waals surface area contributed by atoms with E-state index in [1.165, 1.54) is 19.2 Å². The Morgan fingerprint density at radius 1 is 1.69 bits per heavy atom. The molecule has 16 heavy (non-hydrogen) atoms. The highest BCUT2D eigenvalue weighted by Gasteiger charge is 2.20. The fourth-order valence-corrected chi connectivity index (χ4v) is 2.08. The van der Waals surface area contributed by atoms with E-state index in [0.29, 0.717) is 16.6 Å². The highest BCUT2D eigenvalue weighted by atomic mass is 79.9. The lowest BCUT2D eigenvalue weighted by Crippen LogP contribution is -2.10. The Morgan fingerprint density at radius 3 is 2.69 bits per heavy atom. The zero-order valence-corrected chi connectivity index (χ0v) is 10.5. The molecule has 0 saturated heterocycles. The summed E-state index contributed by atoms with van der Waals surface area (Å²) < 4.78 is 0.503. The minimum absolute atomic E-state index is 0.00422. The number of aromatic nitrogens is 1. The number of nitro groups is 1. The van der Waals surface area contributed by atoms with Gasteiger partial charge in [0.2, 0.25) is 0 Å². The topological polar surface area (TPSA) is 73.1 Å². The number of Topliss-reactive ketones (excluding diaryl/α,β-unsaturated/α-hetero) is 1. The molecule has 0 fully saturated rings. The van der Waals surface area contributed by atoms with Crippen LogP contribution >= 0.6 is 15.9 Å². The van der Waals surface area contributed by atoms with E-state index in [1.54, 1.807) is 0 Å². The molecular weight excluding hydrogens is 276 g/mol. The van der Waals surface area contributed by atoms with Gasteiger partial charge in [-0.3, -0.25) is 19.9 Å². The monoisotopic (exact) mass is 286 g/mol. The molecule has 1 heterocycles. The summed E-state index contributed by atoms with van der Waals surface area (Å²) >= 11 is 3.21. The fourth-order valence-electron chi connectivity index (χ4n) is 1.47. The molecule has 0 amide bonds. The van der Waals surface area contributed by atoms with Crippen molar-refractivity contribution >= 4 is 27.4 Å². The van der Waals surface area contributed by atoms with Crippen molar-refractivity contribution in [2.24, 2.45) is 0 Å². The molecular formula is C10H11BrN2O3. The zero-order valence-electron chi connectivity index (χ0n) is 8.94. The third kappa shape index (κ3) is 2.63. The second kappa shape index (κ2) is 5.16. The first-order valence-electron chi connectivity index (χ1n) is 4.77. The van der Waals surface area contributed by atoms with Gasteiger partial charge in [0.25, 0.3) is 5.69 Å². The van der Waals surface area contributed by atoms with Crippen molar-refractivity contribution in [2.45, 2.75) is 26.2 Å². The van der Waals surface area contributed by atoms with Gasteiger partial charge in [0.05, 0.1) is 16.5 Å². The maximum absolute atomic E-state index is 11.4. The lowest BCUT2D eigenvalue weighted by Gasteiger charge is -2.11. The molecule has 1 unspecified atom stereocenters. The van der Waals surface area contributed by atoms with Crippen LogP contribution in [-0.2, 0) is 4.79 Å². The first-order chi connectivity index (χ1) is 7.47. The molecule has 1 atom stereocenters. The molecule has 0 aromatic carbocycles. The van der Waals surface area contributed by atoms with E-state index in [9.17, 15) is 14.9 Å². The van der Waals surface area contributed by atoms with Crippen LogP contribution in [0.3, 0.4) is 0 Å². The Hall–Kier alpha value is -1.30. The average Bonchev–Trinajstić information content (AvgIpc) is 2.20. The summed E-state index contributed by atoms with van der Waals surface area (Å²) in [6, 6.07) is 1.37. The van der Waals surface area contributed by atoms with Gasteiger partial charge in [-0.2, -0.15) is 0 Å². The predicted molar refractivity (Wildman–Crippen MR) is 62.3 cm³/mol. The van der Waals surface area contributed by atoms with Crippen molar-refractivity contribution in [1.82, 2.24) is 4.98 Å². The summed E-state index contributed by atoms with van der Waals surface area (Å²) in [5.41, 5.74) is 0.467. The van der Waals surface area contributed by atoms with Gasteiger partial charge in [-0.25, -0.2) is 0 Å². The number of carbonyl (C=O) groups excluding carboxylic acids is 1. The maximum Gasteiger partial charge on any atom is 0.288 e. The van der Waals surface area contributed by atoms with E-state index in [0.717, 1.165) is 0 Å².